The third-order valence-electron chi connectivity index (χ3n) is 2.47. The molecule has 1 amide bonds. The summed E-state index contributed by atoms with van der Waals surface area (Å²) in [5.41, 5.74) is 2.86. The highest BCUT2D eigenvalue weighted by Crippen LogP contribution is 2.47. The van der Waals surface area contributed by atoms with Gasteiger partial charge >= 0.3 is 0 Å². The van der Waals surface area contributed by atoms with Crippen molar-refractivity contribution < 1.29 is 10.0 Å². The zero-order valence-electron chi connectivity index (χ0n) is 7.10. The third kappa shape index (κ3) is 1.55. The quantitative estimate of drug-likeness (QED) is 0.528. The normalized spacial score (nSPS) is 25.3. The Morgan fingerprint density at radius 1 is 1.38 bits per heavy atom. The summed E-state index contributed by atoms with van der Waals surface area (Å²) in [6.45, 7) is 0. The van der Waals surface area contributed by atoms with Gasteiger partial charge in [-0.15, -0.1) is 0 Å². The number of rotatable bonds is 2. The van der Waals surface area contributed by atoms with Crippen LogP contribution < -0.4 is 5.48 Å². The zero-order chi connectivity index (χ0) is 9.26. The molecule has 1 aliphatic carbocycles. The van der Waals surface area contributed by atoms with Gasteiger partial charge in [0.15, 0.2) is 0 Å². The fourth-order valence-corrected chi connectivity index (χ4v) is 1.64. The van der Waals surface area contributed by atoms with Crippen molar-refractivity contribution in [2.75, 3.05) is 0 Å². The van der Waals surface area contributed by atoms with Crippen LogP contribution in [0.15, 0.2) is 30.3 Å². The van der Waals surface area contributed by atoms with Crippen LogP contribution in [-0.4, -0.2) is 11.1 Å². The van der Waals surface area contributed by atoms with Crippen LogP contribution in [0.3, 0.4) is 0 Å². The molecule has 0 unspecified atom stereocenters. The number of carbonyl (C=O) groups excluding carboxylic acids is 1. The fraction of sp³-hybridized carbons (Fsp3) is 0.300. The van der Waals surface area contributed by atoms with E-state index in [0.29, 0.717) is 5.92 Å². The maximum absolute atomic E-state index is 11.0. The molecule has 3 heteroatoms. The van der Waals surface area contributed by atoms with E-state index in [1.165, 1.54) is 5.56 Å². The second-order valence-electron chi connectivity index (χ2n) is 3.34. The van der Waals surface area contributed by atoms with Gasteiger partial charge in [-0.3, -0.25) is 10.0 Å². The highest BCUT2D eigenvalue weighted by atomic mass is 16.5. The number of hydrogen-bond acceptors (Lipinski definition) is 2. The van der Waals surface area contributed by atoms with Gasteiger partial charge in [-0.2, -0.15) is 0 Å². The molecule has 0 radical (unpaired) electrons. The van der Waals surface area contributed by atoms with E-state index in [4.69, 9.17) is 5.21 Å². The van der Waals surface area contributed by atoms with Crippen LogP contribution >= 0.6 is 0 Å². The molecule has 0 aromatic heterocycles. The summed E-state index contributed by atoms with van der Waals surface area (Å²) < 4.78 is 0. The van der Waals surface area contributed by atoms with Gasteiger partial charge in [0, 0.05) is 5.92 Å². The zero-order valence-corrected chi connectivity index (χ0v) is 7.10. The van der Waals surface area contributed by atoms with Crippen molar-refractivity contribution in [3.8, 4) is 0 Å². The van der Waals surface area contributed by atoms with Crippen LogP contribution in [0.4, 0.5) is 0 Å². The number of amides is 1. The molecule has 1 aromatic rings. The fourth-order valence-electron chi connectivity index (χ4n) is 1.64. The summed E-state index contributed by atoms with van der Waals surface area (Å²) in [7, 11) is 0. The van der Waals surface area contributed by atoms with E-state index in [1.807, 2.05) is 30.3 Å². The summed E-state index contributed by atoms with van der Waals surface area (Å²) in [6, 6.07) is 9.89. The second-order valence-corrected chi connectivity index (χ2v) is 3.34. The van der Waals surface area contributed by atoms with Crippen LogP contribution in [0.1, 0.15) is 17.9 Å². The van der Waals surface area contributed by atoms with Crippen molar-refractivity contribution in [3.05, 3.63) is 35.9 Å². The first kappa shape index (κ1) is 8.26. The van der Waals surface area contributed by atoms with Crippen molar-refractivity contribution in [2.24, 2.45) is 5.92 Å². The Hall–Kier alpha value is -1.35. The predicted molar refractivity (Wildman–Crippen MR) is 47.2 cm³/mol. The topological polar surface area (TPSA) is 49.3 Å². The molecular formula is C10H11NO2. The lowest BCUT2D eigenvalue weighted by Crippen LogP contribution is -2.20. The maximum atomic E-state index is 11.0. The molecule has 0 aliphatic heterocycles. The molecule has 2 atom stereocenters. The first-order chi connectivity index (χ1) is 6.33. The molecule has 0 spiro atoms. The summed E-state index contributed by atoms with van der Waals surface area (Å²) in [5.74, 6) is -0.00500. The Morgan fingerprint density at radius 3 is 2.69 bits per heavy atom. The van der Waals surface area contributed by atoms with Gasteiger partial charge in [0.2, 0.25) is 5.91 Å². The largest absolute Gasteiger partial charge is 0.289 e. The van der Waals surface area contributed by atoms with Crippen LogP contribution in [-0.2, 0) is 4.79 Å². The molecule has 1 fully saturated rings. The van der Waals surface area contributed by atoms with Gasteiger partial charge in [-0.25, -0.2) is 5.48 Å². The Bertz CT molecular complexity index is 310. The molecule has 3 nitrogen and oxygen atoms in total. The van der Waals surface area contributed by atoms with Gasteiger partial charge in [-0.05, 0) is 17.9 Å². The Labute approximate surface area is 76.3 Å². The van der Waals surface area contributed by atoms with Gasteiger partial charge in [0.05, 0.1) is 0 Å². The van der Waals surface area contributed by atoms with Crippen LogP contribution in [0.25, 0.3) is 0 Å². The van der Waals surface area contributed by atoms with E-state index in [2.05, 4.69) is 0 Å². The van der Waals surface area contributed by atoms with Crippen molar-refractivity contribution in [3.63, 3.8) is 0 Å². The molecule has 1 saturated carbocycles. The lowest BCUT2D eigenvalue weighted by molar-refractivity contribution is -0.130. The average molecular weight is 177 g/mol. The number of benzene rings is 1. The van der Waals surface area contributed by atoms with Crippen molar-refractivity contribution >= 4 is 5.91 Å². The molecule has 0 heterocycles. The maximum Gasteiger partial charge on any atom is 0.247 e. The van der Waals surface area contributed by atoms with Gasteiger partial charge < -0.3 is 0 Å². The Balaban J connectivity index is 2.04. The summed E-state index contributed by atoms with van der Waals surface area (Å²) in [5, 5.41) is 8.41. The predicted octanol–water partition coefficient (Wildman–Crippen LogP) is 1.30. The number of nitrogens with one attached hydrogen (secondary N) is 1. The number of carbonyl (C=O) groups is 1. The van der Waals surface area contributed by atoms with E-state index in [-0.39, 0.29) is 11.8 Å². The lowest BCUT2D eigenvalue weighted by atomic mass is 10.1. The first-order valence-corrected chi connectivity index (χ1v) is 4.32. The first-order valence-electron chi connectivity index (χ1n) is 4.32. The SMILES string of the molecule is O=C(NO)[C@@H]1C[C@H]1c1ccccc1. The molecule has 2 N–H and O–H groups in total. The van der Waals surface area contributed by atoms with Gasteiger partial charge in [0.25, 0.3) is 0 Å². The van der Waals surface area contributed by atoms with Gasteiger partial charge in [-0.1, -0.05) is 30.3 Å². The molecule has 68 valence electrons. The van der Waals surface area contributed by atoms with Crippen molar-refractivity contribution in [2.45, 2.75) is 12.3 Å². The minimum atomic E-state index is -0.270. The highest BCUT2D eigenvalue weighted by molar-refractivity contribution is 5.81. The van der Waals surface area contributed by atoms with E-state index in [0.717, 1.165) is 6.42 Å². The monoisotopic (exact) mass is 177 g/mol. The lowest BCUT2D eigenvalue weighted by Gasteiger charge is -1.98. The summed E-state index contributed by atoms with van der Waals surface area (Å²) >= 11 is 0. The highest BCUT2D eigenvalue weighted by Gasteiger charge is 2.43. The average Bonchev–Trinajstić information content (AvgIpc) is 2.98. The van der Waals surface area contributed by atoms with Gasteiger partial charge in [0.1, 0.15) is 0 Å². The molecule has 13 heavy (non-hydrogen) atoms. The van der Waals surface area contributed by atoms with Crippen LogP contribution in [0.5, 0.6) is 0 Å². The third-order valence-corrected chi connectivity index (χ3v) is 2.47. The number of hydrogen-bond donors (Lipinski definition) is 2. The van der Waals surface area contributed by atoms with Crippen LogP contribution in [0, 0.1) is 5.92 Å². The molecule has 0 bridgehead atoms. The van der Waals surface area contributed by atoms with E-state index < -0.39 is 0 Å². The van der Waals surface area contributed by atoms with Crippen LogP contribution in [0.2, 0.25) is 0 Å². The molecule has 2 rings (SSSR count). The minimum absolute atomic E-state index is 0.0348. The molecule has 1 aliphatic rings. The smallest absolute Gasteiger partial charge is 0.247 e. The molecule has 0 saturated heterocycles. The summed E-state index contributed by atoms with van der Waals surface area (Å²) in [4.78, 5) is 11.0. The molecule has 1 aromatic carbocycles. The van der Waals surface area contributed by atoms with Crippen molar-refractivity contribution in [1.29, 1.82) is 0 Å². The standard InChI is InChI=1S/C10H11NO2/c12-10(11-13)9-6-8(9)7-4-2-1-3-5-7/h1-5,8-9,13H,6H2,(H,11,12)/t8-,9+/m0/s1. The van der Waals surface area contributed by atoms with E-state index >= 15 is 0 Å². The summed E-state index contributed by atoms with van der Waals surface area (Å²) in [6.07, 6.45) is 0.844. The Kier molecular flexibility index (Phi) is 2.02. The van der Waals surface area contributed by atoms with E-state index in [9.17, 15) is 4.79 Å². The molecular weight excluding hydrogens is 166 g/mol. The Morgan fingerprint density at radius 2 is 2.08 bits per heavy atom. The van der Waals surface area contributed by atoms with Crippen molar-refractivity contribution in [1.82, 2.24) is 5.48 Å². The number of hydroxylamine groups is 1. The second kappa shape index (κ2) is 3.18. The minimum Gasteiger partial charge on any atom is -0.289 e. The van der Waals surface area contributed by atoms with E-state index in [1.54, 1.807) is 5.48 Å².